The quantitative estimate of drug-likeness (QED) is 0.383. The zero-order chi connectivity index (χ0) is 25.4. The lowest BCUT2D eigenvalue weighted by molar-refractivity contribution is -0.125. The molecule has 0 bridgehead atoms. The maximum absolute atomic E-state index is 12.5. The fourth-order valence-corrected chi connectivity index (χ4v) is 5.53. The van der Waals surface area contributed by atoms with E-state index in [1.54, 1.807) is 12.3 Å². The number of ether oxygens (including phenoxy) is 1. The zero-order valence-corrected chi connectivity index (χ0v) is 20.7. The number of nitrogens with two attached hydrogens (primary N) is 1. The van der Waals surface area contributed by atoms with Crippen LogP contribution in [0.2, 0.25) is 0 Å². The summed E-state index contributed by atoms with van der Waals surface area (Å²) in [6.07, 6.45) is 10.6. The van der Waals surface area contributed by atoms with Crippen molar-refractivity contribution < 1.29 is 9.53 Å². The number of pyridine rings is 1. The number of carbonyl (C=O) groups excluding carboxylic acids is 1. The number of carbonyl (C=O) groups is 1. The van der Waals surface area contributed by atoms with Crippen LogP contribution in [-0.2, 0) is 4.79 Å². The first-order valence-electron chi connectivity index (χ1n) is 12.7. The van der Waals surface area contributed by atoms with E-state index in [0.717, 1.165) is 44.5 Å². The normalized spacial score (nSPS) is 21.1. The van der Waals surface area contributed by atoms with Gasteiger partial charge in [0, 0.05) is 13.1 Å². The summed E-state index contributed by atoms with van der Waals surface area (Å²) in [6, 6.07) is 13.5. The lowest BCUT2D eigenvalue weighted by Crippen LogP contribution is -2.42. The Labute approximate surface area is 215 Å². The highest BCUT2D eigenvalue weighted by atomic mass is 16.5. The van der Waals surface area contributed by atoms with Crippen molar-refractivity contribution in [1.29, 1.82) is 0 Å². The van der Waals surface area contributed by atoms with Gasteiger partial charge in [0.05, 0.1) is 23.3 Å². The lowest BCUT2D eigenvalue weighted by Gasteiger charge is -2.45. The Morgan fingerprint density at radius 2 is 1.97 bits per heavy atom. The van der Waals surface area contributed by atoms with E-state index >= 15 is 0 Å². The predicted molar refractivity (Wildman–Crippen MR) is 141 cm³/mol. The molecule has 4 heterocycles. The molecule has 37 heavy (non-hydrogen) atoms. The van der Waals surface area contributed by atoms with Gasteiger partial charge in [-0.3, -0.25) is 9.78 Å². The van der Waals surface area contributed by atoms with E-state index in [4.69, 9.17) is 15.6 Å². The fraction of sp³-hybridized carbons (Fsp3) is 0.321. The van der Waals surface area contributed by atoms with E-state index in [0.29, 0.717) is 34.0 Å². The van der Waals surface area contributed by atoms with Gasteiger partial charge in [0.1, 0.15) is 29.3 Å². The zero-order valence-electron chi connectivity index (χ0n) is 20.7. The molecule has 1 amide bonds. The molecular weight excluding hydrogens is 466 g/mol. The Hall–Kier alpha value is -4.27. The van der Waals surface area contributed by atoms with Crippen LogP contribution in [0.1, 0.15) is 38.6 Å². The van der Waals surface area contributed by atoms with Gasteiger partial charge in [-0.2, -0.15) is 5.10 Å². The third-order valence-electron chi connectivity index (χ3n) is 7.41. The van der Waals surface area contributed by atoms with Crippen LogP contribution in [0.3, 0.4) is 0 Å². The van der Waals surface area contributed by atoms with E-state index in [1.165, 1.54) is 6.33 Å². The molecule has 1 saturated carbocycles. The number of likely N-dealkylation sites (tertiary alicyclic amines) is 1. The summed E-state index contributed by atoms with van der Waals surface area (Å²) < 4.78 is 7.86. The number of allylic oxidation sites excluding steroid dienone is 1. The molecule has 6 rings (SSSR count). The molecule has 1 saturated heterocycles. The summed E-state index contributed by atoms with van der Waals surface area (Å²) in [7, 11) is 0. The summed E-state index contributed by atoms with van der Waals surface area (Å²) in [5, 5.41) is 5.65. The van der Waals surface area contributed by atoms with Gasteiger partial charge >= 0.3 is 0 Å². The molecule has 2 fully saturated rings. The number of nitrogen functional groups attached to an aromatic ring is 1. The summed E-state index contributed by atoms with van der Waals surface area (Å²) in [5.41, 5.74) is 8.50. The van der Waals surface area contributed by atoms with Gasteiger partial charge in [-0.15, -0.1) is 0 Å². The Morgan fingerprint density at radius 3 is 2.73 bits per heavy atom. The Balaban J connectivity index is 1.24. The number of fused-ring (bicyclic) bond motifs is 1. The van der Waals surface area contributed by atoms with Crippen LogP contribution >= 0.6 is 0 Å². The molecule has 1 aromatic carbocycles. The average Bonchev–Trinajstić information content (AvgIpc) is 3.51. The molecule has 0 unspecified atom stereocenters. The van der Waals surface area contributed by atoms with Gasteiger partial charge in [0.25, 0.3) is 0 Å². The number of para-hydroxylation sites is 1. The van der Waals surface area contributed by atoms with Crippen molar-refractivity contribution in [2.75, 3.05) is 18.8 Å². The van der Waals surface area contributed by atoms with Gasteiger partial charge in [-0.05, 0) is 61.4 Å². The highest BCUT2D eigenvalue weighted by Crippen LogP contribution is 2.54. The highest BCUT2D eigenvalue weighted by molar-refractivity contribution is 5.97. The third-order valence-corrected chi connectivity index (χ3v) is 7.41. The standard InChI is InChI=1S/C28H29N7O2/c1-2-3-9-23(36)34-13-12-28(17-34)14-19(15-28)35-27-24(26(29)31-18-32-27)25(33-35)22-11-10-21(16-30-22)37-20-7-5-4-6-8-20/h3-11,16,18-19H,2,12-15,17H2,1H3,(H2,29,31,32)/b9-3+/t19-,28-. The van der Waals surface area contributed by atoms with Crippen molar-refractivity contribution in [3.8, 4) is 22.9 Å². The molecule has 9 nitrogen and oxygen atoms in total. The van der Waals surface area contributed by atoms with E-state index in [2.05, 4.69) is 15.0 Å². The minimum atomic E-state index is 0.111. The van der Waals surface area contributed by atoms with Crippen LogP contribution in [-0.4, -0.2) is 48.6 Å². The smallest absolute Gasteiger partial charge is 0.246 e. The van der Waals surface area contributed by atoms with Gasteiger partial charge in [0.2, 0.25) is 5.91 Å². The Morgan fingerprint density at radius 1 is 1.14 bits per heavy atom. The molecule has 3 aromatic heterocycles. The van der Waals surface area contributed by atoms with Crippen LogP contribution in [0.5, 0.6) is 11.5 Å². The SMILES string of the molecule is CC/C=C/C(=O)N1CC[C@]2(C1)C[C@H](n1nc(-c3ccc(Oc4ccccc4)cn3)c3c(N)ncnc31)C2. The van der Waals surface area contributed by atoms with Crippen molar-refractivity contribution in [1.82, 2.24) is 29.6 Å². The van der Waals surface area contributed by atoms with Crippen molar-refractivity contribution in [3.05, 3.63) is 67.1 Å². The molecule has 1 aliphatic carbocycles. The first kappa shape index (κ1) is 23.1. The largest absolute Gasteiger partial charge is 0.456 e. The van der Waals surface area contributed by atoms with Crippen LogP contribution < -0.4 is 10.5 Å². The number of benzene rings is 1. The van der Waals surface area contributed by atoms with Crippen molar-refractivity contribution in [3.63, 3.8) is 0 Å². The maximum atomic E-state index is 12.5. The number of rotatable bonds is 6. The minimum absolute atomic E-state index is 0.111. The first-order chi connectivity index (χ1) is 18.0. The molecule has 1 spiro atoms. The van der Waals surface area contributed by atoms with Crippen molar-refractivity contribution in [2.24, 2.45) is 5.41 Å². The van der Waals surface area contributed by atoms with E-state index in [9.17, 15) is 4.79 Å². The third kappa shape index (κ3) is 4.30. The van der Waals surface area contributed by atoms with Crippen LogP contribution in [0.15, 0.2) is 67.1 Å². The number of nitrogens with zero attached hydrogens (tertiary/aromatic N) is 6. The maximum Gasteiger partial charge on any atom is 0.246 e. The highest BCUT2D eigenvalue weighted by Gasteiger charge is 2.50. The van der Waals surface area contributed by atoms with E-state index in [1.807, 2.05) is 65.0 Å². The molecular formula is C28H29N7O2. The number of amides is 1. The number of aromatic nitrogens is 5. The number of hydrogen-bond acceptors (Lipinski definition) is 7. The topological polar surface area (TPSA) is 112 Å². The monoisotopic (exact) mass is 495 g/mol. The van der Waals surface area contributed by atoms with Crippen molar-refractivity contribution in [2.45, 2.75) is 38.6 Å². The van der Waals surface area contributed by atoms with Crippen LogP contribution in [0, 0.1) is 5.41 Å². The summed E-state index contributed by atoms with van der Waals surface area (Å²) in [5.74, 6) is 1.88. The number of anilines is 1. The lowest BCUT2D eigenvalue weighted by atomic mass is 9.65. The molecule has 4 aromatic rings. The van der Waals surface area contributed by atoms with Gasteiger partial charge in [-0.1, -0.05) is 31.2 Å². The molecule has 0 atom stereocenters. The van der Waals surface area contributed by atoms with Gasteiger partial charge < -0.3 is 15.4 Å². The second kappa shape index (κ2) is 9.31. The molecule has 9 heteroatoms. The van der Waals surface area contributed by atoms with Crippen LogP contribution in [0.4, 0.5) is 5.82 Å². The molecule has 0 radical (unpaired) electrons. The number of hydrogen-bond donors (Lipinski definition) is 1. The first-order valence-corrected chi connectivity index (χ1v) is 12.7. The molecule has 188 valence electrons. The average molecular weight is 496 g/mol. The van der Waals surface area contributed by atoms with Crippen molar-refractivity contribution >= 4 is 22.8 Å². The summed E-state index contributed by atoms with van der Waals surface area (Å²) >= 11 is 0. The molecule has 1 aliphatic heterocycles. The molecule has 2 N–H and O–H groups in total. The second-order valence-corrected chi connectivity index (χ2v) is 9.93. The van der Waals surface area contributed by atoms with Gasteiger partial charge in [-0.25, -0.2) is 14.6 Å². The van der Waals surface area contributed by atoms with E-state index < -0.39 is 0 Å². The summed E-state index contributed by atoms with van der Waals surface area (Å²) in [6.45, 7) is 3.64. The summed E-state index contributed by atoms with van der Waals surface area (Å²) in [4.78, 5) is 27.8. The van der Waals surface area contributed by atoms with Crippen LogP contribution in [0.25, 0.3) is 22.4 Å². The van der Waals surface area contributed by atoms with E-state index in [-0.39, 0.29) is 17.4 Å². The second-order valence-electron chi connectivity index (χ2n) is 9.93. The molecule has 2 aliphatic rings. The Bertz CT molecular complexity index is 1460. The minimum Gasteiger partial charge on any atom is -0.456 e. The van der Waals surface area contributed by atoms with Gasteiger partial charge in [0.15, 0.2) is 5.65 Å². The fourth-order valence-electron chi connectivity index (χ4n) is 5.53. The Kier molecular flexibility index (Phi) is 5.82. The predicted octanol–water partition coefficient (Wildman–Crippen LogP) is 4.78.